The van der Waals surface area contributed by atoms with Crippen molar-refractivity contribution >= 4 is 0 Å². The molecule has 2 aromatic rings. The van der Waals surface area contributed by atoms with Crippen LogP contribution in [-0.2, 0) is 6.54 Å². The molecule has 1 heterocycles. The minimum Gasteiger partial charge on any atom is -0.504 e. The van der Waals surface area contributed by atoms with Gasteiger partial charge in [0.25, 0.3) is 0 Å². The smallest absolute Gasteiger partial charge is 0.160 e. The number of nitrogens with zero attached hydrogens (tertiary/aromatic N) is 1. The van der Waals surface area contributed by atoms with Crippen molar-refractivity contribution in [1.29, 1.82) is 0 Å². The predicted molar refractivity (Wildman–Crippen MR) is 90.0 cm³/mol. The second-order valence-corrected chi connectivity index (χ2v) is 5.91. The van der Waals surface area contributed by atoms with E-state index in [1.807, 2.05) is 24.3 Å². The number of hydrogen-bond acceptors (Lipinski definition) is 4. The first kappa shape index (κ1) is 15.7. The molecule has 122 valence electrons. The van der Waals surface area contributed by atoms with E-state index in [4.69, 9.17) is 9.47 Å². The van der Waals surface area contributed by atoms with Gasteiger partial charge in [0.2, 0.25) is 0 Å². The summed E-state index contributed by atoms with van der Waals surface area (Å²) in [6, 6.07) is 14.4. The van der Waals surface area contributed by atoms with E-state index in [0.717, 1.165) is 24.4 Å². The Morgan fingerprint density at radius 3 is 2.57 bits per heavy atom. The molecule has 2 aromatic carbocycles. The average Bonchev–Trinajstić information content (AvgIpc) is 3.04. The molecule has 4 nitrogen and oxygen atoms in total. The monoisotopic (exact) mass is 313 g/mol. The fourth-order valence-corrected chi connectivity index (χ4v) is 3.27. The maximum Gasteiger partial charge on any atom is 0.160 e. The molecule has 0 radical (unpaired) electrons. The van der Waals surface area contributed by atoms with E-state index in [1.54, 1.807) is 20.3 Å². The molecule has 3 rings (SSSR count). The van der Waals surface area contributed by atoms with Crippen LogP contribution in [0.3, 0.4) is 0 Å². The number of ether oxygens (including phenoxy) is 2. The number of methoxy groups -OCH3 is 2. The van der Waals surface area contributed by atoms with Gasteiger partial charge in [-0.1, -0.05) is 18.2 Å². The first-order valence-corrected chi connectivity index (χ1v) is 7.95. The quantitative estimate of drug-likeness (QED) is 0.913. The zero-order valence-electron chi connectivity index (χ0n) is 13.7. The first-order chi connectivity index (χ1) is 11.2. The topological polar surface area (TPSA) is 41.9 Å². The minimum atomic E-state index is 0.185. The Hall–Kier alpha value is -2.20. The van der Waals surface area contributed by atoms with Gasteiger partial charge >= 0.3 is 0 Å². The minimum absolute atomic E-state index is 0.185. The molecule has 1 atom stereocenters. The molecule has 23 heavy (non-hydrogen) atoms. The number of benzene rings is 2. The van der Waals surface area contributed by atoms with Crippen LogP contribution in [0.15, 0.2) is 42.5 Å². The summed E-state index contributed by atoms with van der Waals surface area (Å²) in [4.78, 5) is 2.48. The summed E-state index contributed by atoms with van der Waals surface area (Å²) in [6.07, 6.45) is 2.37. The van der Waals surface area contributed by atoms with Crippen molar-refractivity contribution < 1.29 is 14.6 Å². The van der Waals surface area contributed by atoms with Crippen LogP contribution in [0.1, 0.15) is 30.0 Å². The fourth-order valence-electron chi connectivity index (χ4n) is 3.27. The van der Waals surface area contributed by atoms with Gasteiger partial charge in [0.15, 0.2) is 11.5 Å². The van der Waals surface area contributed by atoms with Crippen molar-refractivity contribution in [1.82, 2.24) is 4.90 Å². The molecule has 0 bridgehead atoms. The van der Waals surface area contributed by atoms with Gasteiger partial charge in [-0.2, -0.15) is 0 Å². The standard InChI is InChI=1S/C19H23NO3/c1-22-16-8-6-15(7-9-16)17-4-3-11-20(17)13-14-5-10-18(21)19(12-14)23-2/h5-10,12,17,21H,3-4,11,13H2,1-2H3/t17-/m0/s1. The van der Waals surface area contributed by atoms with Crippen molar-refractivity contribution in [2.45, 2.75) is 25.4 Å². The molecule has 1 aliphatic heterocycles. The summed E-state index contributed by atoms with van der Waals surface area (Å²) in [5.41, 5.74) is 2.48. The Labute approximate surface area is 137 Å². The molecule has 0 aliphatic carbocycles. The number of likely N-dealkylation sites (tertiary alicyclic amines) is 1. The number of rotatable bonds is 5. The van der Waals surface area contributed by atoms with Gasteiger partial charge in [0.1, 0.15) is 5.75 Å². The van der Waals surface area contributed by atoms with Crippen LogP contribution in [0.25, 0.3) is 0 Å². The van der Waals surface area contributed by atoms with E-state index in [9.17, 15) is 5.11 Å². The van der Waals surface area contributed by atoms with Crippen LogP contribution < -0.4 is 9.47 Å². The summed E-state index contributed by atoms with van der Waals surface area (Å²) >= 11 is 0. The molecule has 0 unspecified atom stereocenters. The number of hydrogen-bond donors (Lipinski definition) is 1. The Morgan fingerprint density at radius 2 is 1.87 bits per heavy atom. The van der Waals surface area contributed by atoms with Crippen molar-refractivity contribution in [3.05, 3.63) is 53.6 Å². The number of aromatic hydroxyl groups is 1. The Kier molecular flexibility index (Phi) is 4.72. The zero-order valence-corrected chi connectivity index (χ0v) is 13.7. The first-order valence-electron chi connectivity index (χ1n) is 7.95. The SMILES string of the molecule is COc1ccc([C@@H]2CCCN2Cc2ccc(O)c(OC)c2)cc1. The molecule has 0 amide bonds. The van der Waals surface area contributed by atoms with Gasteiger partial charge in [-0.05, 0) is 54.8 Å². The van der Waals surface area contributed by atoms with Crippen LogP contribution in [0.5, 0.6) is 17.2 Å². The van der Waals surface area contributed by atoms with E-state index in [2.05, 4.69) is 17.0 Å². The Morgan fingerprint density at radius 1 is 1.09 bits per heavy atom. The van der Waals surface area contributed by atoms with E-state index < -0.39 is 0 Å². The summed E-state index contributed by atoms with van der Waals surface area (Å²) < 4.78 is 10.4. The van der Waals surface area contributed by atoms with Gasteiger partial charge in [0, 0.05) is 12.6 Å². The number of phenols is 1. The molecule has 0 saturated carbocycles. The summed E-state index contributed by atoms with van der Waals surface area (Å²) in [7, 11) is 3.27. The van der Waals surface area contributed by atoms with Crippen LogP contribution in [0.4, 0.5) is 0 Å². The van der Waals surface area contributed by atoms with E-state index in [1.165, 1.54) is 18.4 Å². The van der Waals surface area contributed by atoms with E-state index >= 15 is 0 Å². The van der Waals surface area contributed by atoms with Crippen LogP contribution >= 0.6 is 0 Å². The third-order valence-electron chi connectivity index (χ3n) is 4.49. The van der Waals surface area contributed by atoms with E-state index in [0.29, 0.717) is 11.8 Å². The second-order valence-electron chi connectivity index (χ2n) is 5.91. The highest BCUT2D eigenvalue weighted by molar-refractivity contribution is 5.41. The lowest BCUT2D eigenvalue weighted by atomic mass is 10.0. The summed E-state index contributed by atoms with van der Waals surface area (Å²) in [5, 5.41) is 9.72. The second kappa shape index (κ2) is 6.92. The molecule has 4 heteroatoms. The molecule has 0 aromatic heterocycles. The number of phenolic OH excluding ortho intramolecular Hbond substituents is 1. The molecule has 0 spiro atoms. The van der Waals surface area contributed by atoms with Crippen molar-refractivity contribution in [3.8, 4) is 17.2 Å². The highest BCUT2D eigenvalue weighted by Gasteiger charge is 2.26. The van der Waals surface area contributed by atoms with Crippen molar-refractivity contribution in [2.75, 3.05) is 20.8 Å². The van der Waals surface area contributed by atoms with Crippen LogP contribution in [0.2, 0.25) is 0 Å². The van der Waals surface area contributed by atoms with Crippen LogP contribution in [0, 0.1) is 0 Å². The van der Waals surface area contributed by atoms with Crippen molar-refractivity contribution in [2.24, 2.45) is 0 Å². The summed E-state index contributed by atoms with van der Waals surface area (Å²) in [6.45, 7) is 1.94. The molecular formula is C19H23NO3. The maximum atomic E-state index is 9.72. The van der Waals surface area contributed by atoms with Gasteiger partial charge in [0.05, 0.1) is 14.2 Å². The lowest BCUT2D eigenvalue weighted by Crippen LogP contribution is -2.22. The molecule has 1 fully saturated rings. The molecule has 1 aliphatic rings. The van der Waals surface area contributed by atoms with Gasteiger partial charge in [-0.25, -0.2) is 0 Å². The van der Waals surface area contributed by atoms with Gasteiger partial charge in [-0.3, -0.25) is 4.90 Å². The van der Waals surface area contributed by atoms with Gasteiger partial charge in [-0.15, -0.1) is 0 Å². The average molecular weight is 313 g/mol. The third kappa shape index (κ3) is 3.42. The zero-order chi connectivity index (χ0) is 16.2. The van der Waals surface area contributed by atoms with Crippen LogP contribution in [-0.4, -0.2) is 30.8 Å². The lowest BCUT2D eigenvalue weighted by Gasteiger charge is -2.25. The highest BCUT2D eigenvalue weighted by atomic mass is 16.5. The lowest BCUT2D eigenvalue weighted by molar-refractivity contribution is 0.248. The van der Waals surface area contributed by atoms with E-state index in [-0.39, 0.29) is 5.75 Å². The fraction of sp³-hybridized carbons (Fsp3) is 0.368. The predicted octanol–water partition coefficient (Wildman–Crippen LogP) is 3.75. The molecular weight excluding hydrogens is 290 g/mol. The third-order valence-corrected chi connectivity index (χ3v) is 4.49. The highest BCUT2D eigenvalue weighted by Crippen LogP contribution is 2.35. The normalized spacial score (nSPS) is 18.1. The Balaban J connectivity index is 1.76. The largest absolute Gasteiger partial charge is 0.504 e. The Bertz CT molecular complexity index is 654. The van der Waals surface area contributed by atoms with Gasteiger partial charge < -0.3 is 14.6 Å². The van der Waals surface area contributed by atoms with Crippen molar-refractivity contribution in [3.63, 3.8) is 0 Å². The maximum absolute atomic E-state index is 9.72. The molecule has 1 N–H and O–H groups in total. The molecule has 1 saturated heterocycles. The summed E-state index contributed by atoms with van der Waals surface area (Å²) in [5.74, 6) is 1.61.